The standard InChI is InChI=1S/C26H39NO4S/c28-25(18-17-23-13-8-7-9-14-23)30-20-22-32-21-12-19-27-26(29)31-24-15-10-5-3-1-2-4-6-11-16-24/h7-9,13-14,17-18,24H,1-6,10-12,15-16,19-22H2,(H,27,29)/b18-17+. The second-order valence-corrected chi connectivity index (χ2v) is 9.46. The molecule has 0 saturated heterocycles. The number of esters is 1. The quantitative estimate of drug-likeness (QED) is 0.249. The number of carbonyl (C=O) groups is 2. The Morgan fingerprint density at radius 3 is 2.28 bits per heavy atom. The molecule has 178 valence electrons. The maximum absolute atomic E-state index is 12.1. The molecule has 1 aromatic carbocycles. The van der Waals surface area contributed by atoms with Crippen molar-refractivity contribution in [2.24, 2.45) is 0 Å². The van der Waals surface area contributed by atoms with Crippen LogP contribution < -0.4 is 5.32 Å². The van der Waals surface area contributed by atoms with Crippen molar-refractivity contribution in [3.8, 4) is 0 Å². The smallest absolute Gasteiger partial charge is 0.407 e. The first-order valence-corrected chi connectivity index (χ1v) is 13.3. The molecule has 1 amide bonds. The highest BCUT2D eigenvalue weighted by molar-refractivity contribution is 7.99. The summed E-state index contributed by atoms with van der Waals surface area (Å²) in [5.74, 6) is 1.33. The van der Waals surface area contributed by atoms with Gasteiger partial charge in [0, 0.05) is 18.4 Å². The Balaban J connectivity index is 1.46. The highest BCUT2D eigenvalue weighted by Gasteiger charge is 2.14. The van der Waals surface area contributed by atoms with Gasteiger partial charge in [-0.2, -0.15) is 11.8 Å². The van der Waals surface area contributed by atoms with Gasteiger partial charge in [0.25, 0.3) is 0 Å². The van der Waals surface area contributed by atoms with Crippen LogP contribution in [0.15, 0.2) is 36.4 Å². The molecule has 1 saturated carbocycles. The Morgan fingerprint density at radius 2 is 1.59 bits per heavy atom. The number of ether oxygens (including phenoxy) is 2. The molecular weight excluding hydrogens is 422 g/mol. The lowest BCUT2D eigenvalue weighted by Gasteiger charge is -2.18. The van der Waals surface area contributed by atoms with Crippen LogP contribution >= 0.6 is 11.8 Å². The number of carbonyl (C=O) groups excluding carboxylic acids is 2. The fraction of sp³-hybridized carbons (Fsp3) is 0.615. The fourth-order valence-corrected chi connectivity index (χ4v) is 4.46. The minimum Gasteiger partial charge on any atom is -0.462 e. The van der Waals surface area contributed by atoms with Gasteiger partial charge in [0.05, 0.1) is 0 Å². The number of amides is 1. The Bertz CT molecular complexity index is 653. The van der Waals surface area contributed by atoms with Crippen molar-refractivity contribution in [1.82, 2.24) is 5.32 Å². The molecule has 0 aromatic heterocycles. The van der Waals surface area contributed by atoms with Gasteiger partial charge >= 0.3 is 12.1 Å². The van der Waals surface area contributed by atoms with Gasteiger partial charge in [-0.1, -0.05) is 68.9 Å². The van der Waals surface area contributed by atoms with Gasteiger partial charge in [0.2, 0.25) is 0 Å². The molecule has 0 aliphatic heterocycles. The second kappa shape index (κ2) is 17.6. The Hall–Kier alpha value is -1.95. The Kier molecular flexibility index (Phi) is 14.5. The summed E-state index contributed by atoms with van der Waals surface area (Å²) in [5, 5.41) is 2.88. The third-order valence-corrected chi connectivity index (χ3v) is 6.53. The zero-order chi connectivity index (χ0) is 22.7. The summed E-state index contributed by atoms with van der Waals surface area (Å²) < 4.78 is 10.9. The molecule has 0 bridgehead atoms. The summed E-state index contributed by atoms with van der Waals surface area (Å²) in [6.45, 7) is 0.998. The summed E-state index contributed by atoms with van der Waals surface area (Å²) in [7, 11) is 0. The van der Waals surface area contributed by atoms with Crippen molar-refractivity contribution in [2.75, 3.05) is 24.7 Å². The number of rotatable bonds is 10. The highest BCUT2D eigenvalue weighted by atomic mass is 32.2. The van der Waals surface area contributed by atoms with E-state index in [1.807, 2.05) is 30.3 Å². The maximum Gasteiger partial charge on any atom is 0.407 e. The topological polar surface area (TPSA) is 64.6 Å². The summed E-state index contributed by atoms with van der Waals surface area (Å²) in [6.07, 6.45) is 15.9. The molecule has 0 heterocycles. The molecule has 0 atom stereocenters. The van der Waals surface area contributed by atoms with Gasteiger partial charge in [-0.15, -0.1) is 0 Å². The number of hydrogen-bond donors (Lipinski definition) is 1. The Morgan fingerprint density at radius 1 is 0.938 bits per heavy atom. The van der Waals surface area contributed by atoms with E-state index in [-0.39, 0.29) is 18.2 Å². The molecular formula is C26H39NO4S. The number of alkyl carbamates (subject to hydrolysis) is 1. The molecule has 1 aliphatic rings. The molecule has 1 aromatic rings. The molecule has 32 heavy (non-hydrogen) atoms. The lowest BCUT2D eigenvalue weighted by atomic mass is 10.1. The van der Waals surface area contributed by atoms with Crippen LogP contribution in [0.2, 0.25) is 0 Å². The van der Waals surface area contributed by atoms with Gasteiger partial charge < -0.3 is 14.8 Å². The lowest BCUT2D eigenvalue weighted by molar-refractivity contribution is -0.137. The number of benzene rings is 1. The van der Waals surface area contributed by atoms with E-state index in [1.165, 1.54) is 44.6 Å². The van der Waals surface area contributed by atoms with Crippen LogP contribution in [0.4, 0.5) is 4.79 Å². The number of hydrogen-bond acceptors (Lipinski definition) is 5. The maximum atomic E-state index is 12.1. The predicted octanol–water partition coefficient (Wildman–Crippen LogP) is 6.38. The van der Waals surface area contributed by atoms with E-state index in [0.29, 0.717) is 13.2 Å². The van der Waals surface area contributed by atoms with Crippen LogP contribution in [0.1, 0.15) is 76.2 Å². The summed E-state index contributed by atoms with van der Waals surface area (Å²) in [4.78, 5) is 23.8. The van der Waals surface area contributed by atoms with E-state index < -0.39 is 0 Å². The molecule has 0 radical (unpaired) electrons. The monoisotopic (exact) mass is 461 g/mol. The molecule has 0 spiro atoms. The highest BCUT2D eigenvalue weighted by Crippen LogP contribution is 2.19. The van der Waals surface area contributed by atoms with Crippen LogP contribution in [-0.4, -0.2) is 42.8 Å². The zero-order valence-electron chi connectivity index (χ0n) is 19.3. The molecule has 0 unspecified atom stereocenters. The van der Waals surface area contributed by atoms with E-state index in [1.54, 1.807) is 17.8 Å². The second-order valence-electron chi connectivity index (χ2n) is 8.24. The largest absolute Gasteiger partial charge is 0.462 e. The van der Waals surface area contributed by atoms with E-state index >= 15 is 0 Å². The fourth-order valence-electron chi connectivity index (χ4n) is 3.70. The van der Waals surface area contributed by atoms with Crippen LogP contribution in [0.25, 0.3) is 6.08 Å². The van der Waals surface area contributed by atoms with Crippen molar-refractivity contribution in [1.29, 1.82) is 0 Å². The summed E-state index contributed by atoms with van der Waals surface area (Å²) in [6, 6.07) is 9.67. The first-order chi connectivity index (χ1) is 15.7. The molecule has 1 N–H and O–H groups in total. The summed E-state index contributed by atoms with van der Waals surface area (Å²) >= 11 is 1.71. The molecule has 1 aliphatic carbocycles. The first-order valence-electron chi connectivity index (χ1n) is 12.2. The van der Waals surface area contributed by atoms with E-state index in [2.05, 4.69) is 5.32 Å². The van der Waals surface area contributed by atoms with Gasteiger partial charge in [-0.05, 0) is 49.5 Å². The predicted molar refractivity (Wildman–Crippen MR) is 133 cm³/mol. The van der Waals surface area contributed by atoms with Crippen molar-refractivity contribution in [2.45, 2.75) is 76.7 Å². The van der Waals surface area contributed by atoms with Crippen molar-refractivity contribution < 1.29 is 19.1 Å². The van der Waals surface area contributed by atoms with Crippen molar-refractivity contribution >= 4 is 29.9 Å². The minimum atomic E-state index is -0.324. The molecule has 2 rings (SSSR count). The molecule has 6 heteroatoms. The van der Waals surface area contributed by atoms with Crippen LogP contribution in [0.3, 0.4) is 0 Å². The average Bonchev–Trinajstić information content (AvgIpc) is 2.86. The van der Waals surface area contributed by atoms with Crippen molar-refractivity contribution in [3.05, 3.63) is 42.0 Å². The van der Waals surface area contributed by atoms with E-state index in [9.17, 15) is 9.59 Å². The third kappa shape index (κ3) is 13.5. The van der Waals surface area contributed by atoms with Gasteiger partial charge in [-0.3, -0.25) is 0 Å². The number of nitrogens with one attached hydrogen (secondary N) is 1. The SMILES string of the molecule is O=C(/C=C/c1ccccc1)OCCSCCCNC(=O)OC1CCCCCCCCCC1. The molecule has 5 nitrogen and oxygen atoms in total. The molecule has 1 fully saturated rings. The minimum absolute atomic E-state index is 0.0631. The van der Waals surface area contributed by atoms with E-state index in [4.69, 9.17) is 9.47 Å². The van der Waals surface area contributed by atoms with Crippen LogP contribution in [0, 0.1) is 0 Å². The third-order valence-electron chi connectivity index (χ3n) is 5.49. The lowest BCUT2D eigenvalue weighted by Crippen LogP contribution is -2.30. The van der Waals surface area contributed by atoms with Gasteiger partial charge in [0.1, 0.15) is 12.7 Å². The Labute approximate surface area is 197 Å². The van der Waals surface area contributed by atoms with Gasteiger partial charge in [0.15, 0.2) is 0 Å². The zero-order valence-corrected chi connectivity index (χ0v) is 20.1. The van der Waals surface area contributed by atoms with E-state index in [0.717, 1.165) is 49.2 Å². The first kappa shape index (κ1) is 26.3. The summed E-state index contributed by atoms with van der Waals surface area (Å²) in [5.41, 5.74) is 0.973. The number of thioether (sulfide) groups is 1. The van der Waals surface area contributed by atoms with Crippen molar-refractivity contribution in [3.63, 3.8) is 0 Å². The average molecular weight is 462 g/mol. The van der Waals surface area contributed by atoms with Crippen LogP contribution in [0.5, 0.6) is 0 Å². The normalized spacial score (nSPS) is 16.2. The van der Waals surface area contributed by atoms with Gasteiger partial charge in [-0.25, -0.2) is 9.59 Å². The van der Waals surface area contributed by atoms with Crippen LogP contribution in [-0.2, 0) is 14.3 Å².